The molecule has 0 atom stereocenters. The molecule has 0 amide bonds. The van der Waals surface area contributed by atoms with Gasteiger partial charge in [-0.15, -0.1) is 0 Å². The van der Waals surface area contributed by atoms with Gasteiger partial charge in [-0.05, 0) is 42.7 Å². The molecule has 9 heteroatoms. The zero-order valence-electron chi connectivity index (χ0n) is 16.6. The molecule has 0 aliphatic carbocycles. The van der Waals surface area contributed by atoms with Gasteiger partial charge >= 0.3 is 10.1 Å². The number of aromatic nitrogens is 3. The van der Waals surface area contributed by atoms with Crippen molar-refractivity contribution in [2.24, 2.45) is 0 Å². The van der Waals surface area contributed by atoms with E-state index in [-0.39, 0.29) is 5.56 Å². The number of rotatable bonds is 6. The number of pyridine rings is 1. The van der Waals surface area contributed by atoms with E-state index < -0.39 is 10.1 Å². The SMILES string of the molecule is CS(=O)(=O)Oc1ccc(CCN2CCCn3c2nc(-c2ccncc2)cc3=O)cc1. The Labute approximate surface area is 174 Å². The molecule has 1 aliphatic rings. The standard InChI is InChI=1S/C21H22N4O4S/c1-30(27,28)29-18-5-3-16(4-6-18)9-14-24-12-2-13-25-20(26)15-19(23-21(24)25)17-7-10-22-11-8-17/h3-8,10-11,15H,2,9,12-14H2,1H3. The predicted molar refractivity (Wildman–Crippen MR) is 114 cm³/mol. The van der Waals surface area contributed by atoms with Crippen molar-refractivity contribution < 1.29 is 12.6 Å². The van der Waals surface area contributed by atoms with Crippen LogP contribution in [0.5, 0.6) is 5.75 Å². The van der Waals surface area contributed by atoms with Gasteiger partial charge in [-0.2, -0.15) is 8.42 Å². The van der Waals surface area contributed by atoms with Gasteiger partial charge in [-0.3, -0.25) is 14.3 Å². The van der Waals surface area contributed by atoms with Crippen LogP contribution in [0.25, 0.3) is 11.3 Å². The smallest absolute Gasteiger partial charge is 0.306 e. The first-order valence-corrected chi connectivity index (χ1v) is 11.5. The van der Waals surface area contributed by atoms with Gasteiger partial charge in [0.05, 0.1) is 11.9 Å². The molecule has 0 N–H and O–H groups in total. The van der Waals surface area contributed by atoms with Gasteiger partial charge < -0.3 is 9.08 Å². The molecule has 3 aromatic rings. The number of anilines is 1. The molecule has 3 heterocycles. The molecule has 0 saturated carbocycles. The number of nitrogens with zero attached hydrogens (tertiary/aromatic N) is 4. The van der Waals surface area contributed by atoms with Crippen LogP contribution in [0.4, 0.5) is 5.95 Å². The highest BCUT2D eigenvalue weighted by Gasteiger charge is 2.20. The van der Waals surface area contributed by atoms with E-state index in [9.17, 15) is 13.2 Å². The second-order valence-electron chi connectivity index (χ2n) is 7.19. The molecule has 30 heavy (non-hydrogen) atoms. The summed E-state index contributed by atoms with van der Waals surface area (Å²) in [5.74, 6) is 0.970. The van der Waals surface area contributed by atoms with Gasteiger partial charge in [0.2, 0.25) is 5.95 Å². The lowest BCUT2D eigenvalue weighted by Gasteiger charge is -2.31. The normalized spacial score (nSPS) is 13.7. The zero-order chi connectivity index (χ0) is 21.1. The van der Waals surface area contributed by atoms with E-state index in [1.807, 2.05) is 24.3 Å². The van der Waals surface area contributed by atoms with E-state index in [2.05, 4.69) is 9.88 Å². The summed E-state index contributed by atoms with van der Waals surface area (Å²) in [5.41, 5.74) is 2.49. The fourth-order valence-electron chi connectivity index (χ4n) is 3.50. The summed E-state index contributed by atoms with van der Waals surface area (Å²) in [6.45, 7) is 2.17. The highest BCUT2D eigenvalue weighted by molar-refractivity contribution is 7.86. The lowest BCUT2D eigenvalue weighted by atomic mass is 10.1. The highest BCUT2D eigenvalue weighted by Crippen LogP contribution is 2.22. The molecule has 0 spiro atoms. The summed E-state index contributed by atoms with van der Waals surface area (Å²) >= 11 is 0. The Morgan fingerprint density at radius 3 is 2.50 bits per heavy atom. The molecule has 0 unspecified atom stereocenters. The molecule has 0 bridgehead atoms. The van der Waals surface area contributed by atoms with E-state index >= 15 is 0 Å². The maximum absolute atomic E-state index is 12.6. The quantitative estimate of drug-likeness (QED) is 0.557. The van der Waals surface area contributed by atoms with Crippen LogP contribution in [0.3, 0.4) is 0 Å². The molecule has 8 nitrogen and oxygen atoms in total. The molecule has 4 rings (SSSR count). The van der Waals surface area contributed by atoms with Crippen LogP contribution in [0.2, 0.25) is 0 Å². The Morgan fingerprint density at radius 2 is 1.80 bits per heavy atom. The van der Waals surface area contributed by atoms with Crippen LogP contribution in [-0.4, -0.2) is 42.3 Å². The first-order chi connectivity index (χ1) is 14.4. The molecule has 0 fully saturated rings. The number of hydrogen-bond acceptors (Lipinski definition) is 7. The van der Waals surface area contributed by atoms with Crippen molar-refractivity contribution >= 4 is 16.1 Å². The first kappa shape index (κ1) is 20.1. The minimum atomic E-state index is -3.54. The average Bonchev–Trinajstić information content (AvgIpc) is 2.73. The van der Waals surface area contributed by atoms with Crippen LogP contribution in [0, 0.1) is 0 Å². The Morgan fingerprint density at radius 1 is 1.07 bits per heavy atom. The molecule has 2 aromatic heterocycles. The topological polar surface area (TPSA) is 94.4 Å². The maximum atomic E-state index is 12.6. The Bertz CT molecular complexity index is 1190. The van der Waals surface area contributed by atoms with Gasteiger partial charge in [-0.25, -0.2) is 4.98 Å². The fraction of sp³-hybridized carbons (Fsp3) is 0.286. The van der Waals surface area contributed by atoms with Gasteiger partial charge in [0, 0.05) is 43.7 Å². The van der Waals surface area contributed by atoms with E-state index in [4.69, 9.17) is 9.17 Å². The Balaban J connectivity index is 1.53. The van der Waals surface area contributed by atoms with Crippen LogP contribution in [-0.2, 0) is 23.1 Å². The van der Waals surface area contributed by atoms with Crippen molar-refractivity contribution in [2.45, 2.75) is 19.4 Å². The Hall–Kier alpha value is -3.20. The van der Waals surface area contributed by atoms with Crippen molar-refractivity contribution in [1.29, 1.82) is 0 Å². The monoisotopic (exact) mass is 426 g/mol. The van der Waals surface area contributed by atoms with Crippen LogP contribution >= 0.6 is 0 Å². The summed E-state index contributed by atoms with van der Waals surface area (Å²) in [6.07, 6.45) is 5.99. The second kappa shape index (κ2) is 8.27. The van der Waals surface area contributed by atoms with E-state index in [1.54, 1.807) is 35.2 Å². The number of fused-ring (bicyclic) bond motifs is 1. The van der Waals surface area contributed by atoms with Gasteiger partial charge in [0.15, 0.2) is 0 Å². The third-order valence-corrected chi connectivity index (χ3v) is 5.39. The van der Waals surface area contributed by atoms with Crippen LogP contribution < -0.4 is 14.6 Å². The highest BCUT2D eigenvalue weighted by atomic mass is 32.2. The third-order valence-electron chi connectivity index (χ3n) is 4.90. The second-order valence-corrected chi connectivity index (χ2v) is 8.76. The van der Waals surface area contributed by atoms with E-state index in [0.717, 1.165) is 36.8 Å². The first-order valence-electron chi connectivity index (χ1n) is 9.65. The number of benzene rings is 1. The predicted octanol–water partition coefficient (Wildman–Crippen LogP) is 2.10. The van der Waals surface area contributed by atoms with Crippen molar-refractivity contribution in [3.05, 3.63) is 70.8 Å². The molecular weight excluding hydrogens is 404 g/mol. The lowest BCUT2D eigenvalue weighted by molar-refractivity contribution is 0.493. The van der Waals surface area contributed by atoms with Crippen molar-refractivity contribution in [3.8, 4) is 17.0 Å². The zero-order valence-corrected chi connectivity index (χ0v) is 17.4. The van der Waals surface area contributed by atoms with E-state index in [1.165, 1.54) is 0 Å². The Kier molecular flexibility index (Phi) is 5.54. The van der Waals surface area contributed by atoms with Gasteiger partial charge in [0.1, 0.15) is 5.75 Å². The maximum Gasteiger partial charge on any atom is 0.306 e. The third kappa shape index (κ3) is 4.68. The lowest BCUT2D eigenvalue weighted by Crippen LogP contribution is -2.39. The number of hydrogen-bond donors (Lipinski definition) is 0. The minimum Gasteiger partial charge on any atom is -0.383 e. The van der Waals surface area contributed by atoms with Crippen LogP contribution in [0.1, 0.15) is 12.0 Å². The van der Waals surface area contributed by atoms with Crippen molar-refractivity contribution in [3.63, 3.8) is 0 Å². The molecule has 0 saturated heterocycles. The molecule has 0 radical (unpaired) electrons. The van der Waals surface area contributed by atoms with E-state index in [0.29, 0.717) is 30.5 Å². The van der Waals surface area contributed by atoms with Gasteiger partial charge in [0.25, 0.3) is 5.56 Å². The summed E-state index contributed by atoms with van der Waals surface area (Å²) in [6, 6.07) is 12.2. The summed E-state index contributed by atoms with van der Waals surface area (Å²) in [4.78, 5) is 23.6. The molecule has 156 valence electrons. The van der Waals surface area contributed by atoms with Gasteiger partial charge in [-0.1, -0.05) is 12.1 Å². The molecular formula is C21H22N4O4S. The fourth-order valence-corrected chi connectivity index (χ4v) is 3.96. The minimum absolute atomic E-state index is 0.0567. The van der Waals surface area contributed by atoms with Crippen molar-refractivity contribution in [1.82, 2.24) is 14.5 Å². The molecule has 1 aromatic carbocycles. The average molecular weight is 426 g/mol. The summed E-state index contributed by atoms with van der Waals surface area (Å²) in [5, 5.41) is 0. The van der Waals surface area contributed by atoms with Crippen LogP contribution in [0.15, 0.2) is 59.7 Å². The van der Waals surface area contributed by atoms with Crippen molar-refractivity contribution in [2.75, 3.05) is 24.2 Å². The summed E-state index contributed by atoms with van der Waals surface area (Å²) < 4.78 is 29.0. The largest absolute Gasteiger partial charge is 0.383 e. The summed E-state index contributed by atoms with van der Waals surface area (Å²) in [7, 11) is -3.54. The molecule has 1 aliphatic heterocycles.